The van der Waals surface area contributed by atoms with E-state index in [2.05, 4.69) is 57.6 Å². The van der Waals surface area contributed by atoms with Crippen molar-refractivity contribution < 1.29 is 0 Å². The Hall–Kier alpha value is -0.990. The molecule has 0 radical (unpaired) electrons. The Balaban J connectivity index is 1.91. The summed E-state index contributed by atoms with van der Waals surface area (Å²) in [7, 11) is 0. The maximum Gasteiger partial charge on any atom is 0.203 e. The zero-order valence-electron chi connectivity index (χ0n) is 13.8. The summed E-state index contributed by atoms with van der Waals surface area (Å²) < 4.78 is 2.28. The Morgan fingerprint density at radius 1 is 1.35 bits per heavy atom. The van der Waals surface area contributed by atoms with Gasteiger partial charge in [0.2, 0.25) is 5.95 Å². The smallest absolute Gasteiger partial charge is 0.203 e. The molecule has 2 fully saturated rings. The third kappa shape index (κ3) is 1.89. The van der Waals surface area contributed by atoms with Crippen LogP contribution in [-0.4, -0.2) is 15.6 Å². The highest BCUT2D eigenvalue weighted by atomic mass is 15.2. The van der Waals surface area contributed by atoms with E-state index in [0.29, 0.717) is 22.9 Å². The monoisotopic (exact) mass is 275 g/mol. The van der Waals surface area contributed by atoms with E-state index in [1.54, 1.807) is 0 Å². The number of aromatic nitrogens is 2. The second kappa shape index (κ2) is 4.25. The first kappa shape index (κ1) is 14.0. The molecule has 0 spiro atoms. The lowest BCUT2D eigenvalue weighted by atomic mass is 9.68. The van der Waals surface area contributed by atoms with E-state index in [4.69, 9.17) is 4.98 Å². The molecule has 2 bridgehead atoms. The second-order valence-electron chi connectivity index (χ2n) is 8.20. The average Bonchev–Trinajstić information content (AvgIpc) is 2.94. The molecular weight excluding hydrogens is 246 g/mol. The molecule has 3 heteroatoms. The van der Waals surface area contributed by atoms with Gasteiger partial charge in [-0.3, -0.25) is 0 Å². The van der Waals surface area contributed by atoms with Gasteiger partial charge in [-0.05, 0) is 56.8 Å². The molecule has 1 aromatic heterocycles. The van der Waals surface area contributed by atoms with Crippen LogP contribution in [0.15, 0.2) is 6.20 Å². The molecule has 2 saturated carbocycles. The van der Waals surface area contributed by atoms with Crippen molar-refractivity contribution in [3.63, 3.8) is 0 Å². The summed E-state index contributed by atoms with van der Waals surface area (Å²) in [5, 5.41) is 3.83. The van der Waals surface area contributed by atoms with Crippen LogP contribution in [0.4, 0.5) is 5.95 Å². The van der Waals surface area contributed by atoms with Gasteiger partial charge in [0.05, 0.1) is 5.69 Å². The first-order chi connectivity index (χ1) is 9.24. The first-order valence-electron chi connectivity index (χ1n) is 8.06. The van der Waals surface area contributed by atoms with Crippen molar-refractivity contribution in [3.05, 3.63) is 11.9 Å². The van der Waals surface area contributed by atoms with Gasteiger partial charge < -0.3 is 9.88 Å². The second-order valence-corrected chi connectivity index (χ2v) is 8.20. The summed E-state index contributed by atoms with van der Waals surface area (Å²) in [5.41, 5.74) is 1.91. The number of rotatable bonds is 3. The van der Waals surface area contributed by atoms with E-state index < -0.39 is 0 Å². The molecule has 3 unspecified atom stereocenters. The molecule has 3 rings (SSSR count). The van der Waals surface area contributed by atoms with Crippen LogP contribution in [0.3, 0.4) is 0 Å². The summed E-state index contributed by atoms with van der Waals surface area (Å²) in [6, 6.07) is 0.987. The van der Waals surface area contributed by atoms with Gasteiger partial charge in [-0.1, -0.05) is 20.8 Å². The predicted octanol–water partition coefficient (Wildman–Crippen LogP) is 4.40. The lowest BCUT2D eigenvalue weighted by Crippen LogP contribution is -2.46. The van der Waals surface area contributed by atoms with E-state index in [-0.39, 0.29) is 0 Å². The minimum atomic E-state index is 0.370. The van der Waals surface area contributed by atoms with Crippen LogP contribution in [0.25, 0.3) is 0 Å². The van der Waals surface area contributed by atoms with Gasteiger partial charge in [0.25, 0.3) is 0 Å². The molecule has 0 saturated heterocycles. The zero-order valence-corrected chi connectivity index (χ0v) is 13.8. The van der Waals surface area contributed by atoms with Crippen molar-refractivity contribution in [2.45, 2.75) is 72.9 Å². The fourth-order valence-corrected chi connectivity index (χ4v) is 4.81. The van der Waals surface area contributed by atoms with Gasteiger partial charge in [-0.25, -0.2) is 4.98 Å². The van der Waals surface area contributed by atoms with Gasteiger partial charge >= 0.3 is 0 Å². The van der Waals surface area contributed by atoms with E-state index in [0.717, 1.165) is 17.6 Å². The maximum absolute atomic E-state index is 4.73. The predicted molar refractivity (Wildman–Crippen MR) is 84.0 cm³/mol. The molecule has 1 N–H and O–H groups in total. The number of nitrogens with one attached hydrogen (secondary N) is 1. The third-order valence-electron chi connectivity index (χ3n) is 5.95. The molecule has 0 aliphatic heterocycles. The van der Waals surface area contributed by atoms with E-state index in [1.165, 1.54) is 19.3 Å². The molecule has 3 atom stereocenters. The number of aryl methyl sites for hydroxylation is 1. The summed E-state index contributed by atoms with van der Waals surface area (Å²) in [6.45, 7) is 13.9. The van der Waals surface area contributed by atoms with Gasteiger partial charge in [0, 0.05) is 18.3 Å². The molecule has 0 aromatic carbocycles. The minimum Gasteiger partial charge on any atom is -0.352 e. The van der Waals surface area contributed by atoms with Crippen LogP contribution >= 0.6 is 0 Å². The molecule has 112 valence electrons. The number of imidazole rings is 1. The molecule has 20 heavy (non-hydrogen) atoms. The van der Waals surface area contributed by atoms with Gasteiger partial charge in [-0.15, -0.1) is 0 Å². The van der Waals surface area contributed by atoms with E-state index in [1.807, 2.05) is 0 Å². The SMILES string of the molecule is Cc1cn(C(C)C)c(NC2C3(C)CCC(C3)C2(C)C)n1. The van der Waals surface area contributed by atoms with Crippen molar-refractivity contribution in [2.75, 3.05) is 5.32 Å². The molecule has 1 aromatic rings. The fraction of sp³-hybridized carbons (Fsp3) is 0.824. The van der Waals surface area contributed by atoms with Gasteiger partial charge in [0.1, 0.15) is 0 Å². The van der Waals surface area contributed by atoms with Crippen molar-refractivity contribution in [1.29, 1.82) is 0 Å². The molecule has 1 heterocycles. The maximum atomic E-state index is 4.73. The van der Waals surface area contributed by atoms with Crippen LogP contribution in [0.1, 0.15) is 65.6 Å². The lowest BCUT2D eigenvalue weighted by Gasteiger charge is -2.43. The molecular formula is C17H29N3. The first-order valence-corrected chi connectivity index (χ1v) is 8.06. The number of hydrogen-bond acceptors (Lipinski definition) is 2. The number of fused-ring (bicyclic) bond motifs is 2. The highest BCUT2D eigenvalue weighted by Crippen LogP contribution is 2.63. The molecule has 2 aliphatic rings. The average molecular weight is 275 g/mol. The highest BCUT2D eigenvalue weighted by molar-refractivity contribution is 5.35. The zero-order chi connectivity index (χ0) is 14.7. The van der Waals surface area contributed by atoms with Crippen LogP contribution in [-0.2, 0) is 0 Å². The third-order valence-corrected chi connectivity index (χ3v) is 5.95. The normalized spacial score (nSPS) is 35.0. The topological polar surface area (TPSA) is 29.9 Å². The van der Waals surface area contributed by atoms with Crippen LogP contribution in [0, 0.1) is 23.7 Å². The van der Waals surface area contributed by atoms with Gasteiger partial charge in [0.15, 0.2) is 0 Å². The summed E-state index contributed by atoms with van der Waals surface area (Å²) in [6.07, 6.45) is 6.30. The van der Waals surface area contributed by atoms with Crippen molar-refractivity contribution in [2.24, 2.45) is 16.7 Å². The Morgan fingerprint density at radius 2 is 2.05 bits per heavy atom. The van der Waals surface area contributed by atoms with E-state index in [9.17, 15) is 0 Å². The van der Waals surface area contributed by atoms with Crippen molar-refractivity contribution >= 4 is 5.95 Å². The number of hydrogen-bond donors (Lipinski definition) is 1. The molecule has 3 nitrogen and oxygen atoms in total. The summed E-state index contributed by atoms with van der Waals surface area (Å²) in [5.74, 6) is 1.93. The van der Waals surface area contributed by atoms with Crippen LogP contribution in [0.5, 0.6) is 0 Å². The van der Waals surface area contributed by atoms with Crippen LogP contribution in [0.2, 0.25) is 0 Å². The van der Waals surface area contributed by atoms with Crippen LogP contribution < -0.4 is 5.32 Å². The number of anilines is 1. The molecule has 2 aliphatic carbocycles. The Morgan fingerprint density at radius 3 is 2.60 bits per heavy atom. The Labute approximate surface area is 123 Å². The Bertz CT molecular complexity index is 510. The van der Waals surface area contributed by atoms with Crippen molar-refractivity contribution in [3.8, 4) is 0 Å². The van der Waals surface area contributed by atoms with Crippen molar-refractivity contribution in [1.82, 2.24) is 9.55 Å². The summed E-state index contributed by atoms with van der Waals surface area (Å²) >= 11 is 0. The quantitative estimate of drug-likeness (QED) is 0.886. The fourth-order valence-electron chi connectivity index (χ4n) is 4.81. The lowest BCUT2D eigenvalue weighted by molar-refractivity contribution is 0.154. The van der Waals surface area contributed by atoms with E-state index >= 15 is 0 Å². The minimum absolute atomic E-state index is 0.370. The summed E-state index contributed by atoms with van der Waals surface area (Å²) in [4.78, 5) is 4.73. The standard InChI is InChI=1S/C17H29N3/c1-11(2)20-10-12(3)18-15(20)19-14-16(4,5)13-7-8-17(14,6)9-13/h10-11,13-14H,7-9H2,1-6H3,(H,18,19). The Kier molecular flexibility index (Phi) is 2.97. The largest absolute Gasteiger partial charge is 0.352 e. The van der Waals surface area contributed by atoms with Gasteiger partial charge in [-0.2, -0.15) is 0 Å². The molecule has 0 amide bonds. The number of nitrogens with zero attached hydrogens (tertiary/aromatic N) is 2. The highest BCUT2D eigenvalue weighted by Gasteiger charge is 2.59.